The molecule has 4 heteroatoms. The fourth-order valence-corrected chi connectivity index (χ4v) is 1.56. The molecule has 4 nitrogen and oxygen atoms in total. The highest BCUT2D eigenvalue weighted by molar-refractivity contribution is 4.96. The summed E-state index contributed by atoms with van der Waals surface area (Å²) in [4.78, 5) is 7.94. The zero-order valence-electron chi connectivity index (χ0n) is 9.64. The molecule has 0 spiro atoms. The highest BCUT2D eigenvalue weighted by Gasteiger charge is 2.32. The SMILES string of the molecule is CC(C)[C@H](Oc1ncccn1)C(C)(C)O. The summed E-state index contributed by atoms with van der Waals surface area (Å²) in [5.41, 5.74) is -0.909. The zero-order chi connectivity index (χ0) is 11.5. The predicted molar refractivity (Wildman–Crippen MR) is 57.6 cm³/mol. The third-order valence-corrected chi connectivity index (χ3v) is 2.08. The summed E-state index contributed by atoms with van der Waals surface area (Å²) in [5, 5.41) is 9.93. The molecule has 0 aromatic carbocycles. The lowest BCUT2D eigenvalue weighted by Crippen LogP contribution is -2.44. The molecular weight excluding hydrogens is 192 g/mol. The number of nitrogens with zero attached hydrogens (tertiary/aromatic N) is 2. The predicted octanol–water partition coefficient (Wildman–Crippen LogP) is 1.65. The van der Waals surface area contributed by atoms with Crippen LogP contribution in [0.5, 0.6) is 6.01 Å². The third kappa shape index (κ3) is 3.47. The van der Waals surface area contributed by atoms with E-state index in [1.165, 1.54) is 0 Å². The van der Waals surface area contributed by atoms with Crippen molar-refractivity contribution in [2.75, 3.05) is 0 Å². The molecule has 1 heterocycles. The molecule has 1 atom stereocenters. The number of ether oxygens (including phenoxy) is 1. The average Bonchev–Trinajstić information content (AvgIpc) is 2.13. The number of hydrogen-bond acceptors (Lipinski definition) is 4. The summed E-state index contributed by atoms with van der Waals surface area (Å²) < 4.78 is 5.57. The number of rotatable bonds is 4. The molecule has 0 fully saturated rings. The van der Waals surface area contributed by atoms with Crippen molar-refractivity contribution < 1.29 is 9.84 Å². The average molecular weight is 210 g/mol. The maximum Gasteiger partial charge on any atom is 0.316 e. The molecule has 0 aliphatic heterocycles. The van der Waals surface area contributed by atoms with Crippen LogP contribution in [0.25, 0.3) is 0 Å². The van der Waals surface area contributed by atoms with Crippen molar-refractivity contribution >= 4 is 0 Å². The summed E-state index contributed by atoms with van der Waals surface area (Å²) >= 11 is 0. The first-order valence-electron chi connectivity index (χ1n) is 5.07. The van der Waals surface area contributed by atoms with Crippen molar-refractivity contribution in [2.24, 2.45) is 5.92 Å². The van der Waals surface area contributed by atoms with Gasteiger partial charge in [0.15, 0.2) is 0 Å². The van der Waals surface area contributed by atoms with E-state index in [4.69, 9.17) is 4.74 Å². The Balaban J connectivity index is 2.77. The Hall–Kier alpha value is -1.16. The second kappa shape index (κ2) is 4.57. The highest BCUT2D eigenvalue weighted by Crippen LogP contribution is 2.21. The van der Waals surface area contributed by atoms with E-state index in [2.05, 4.69) is 9.97 Å². The maximum absolute atomic E-state index is 9.93. The number of aliphatic hydroxyl groups is 1. The molecule has 0 bridgehead atoms. The molecule has 15 heavy (non-hydrogen) atoms. The van der Waals surface area contributed by atoms with E-state index in [0.717, 1.165) is 0 Å². The van der Waals surface area contributed by atoms with E-state index < -0.39 is 5.60 Å². The molecule has 0 unspecified atom stereocenters. The van der Waals surface area contributed by atoms with Crippen LogP contribution >= 0.6 is 0 Å². The van der Waals surface area contributed by atoms with E-state index in [-0.39, 0.29) is 12.0 Å². The number of hydrogen-bond donors (Lipinski definition) is 1. The van der Waals surface area contributed by atoms with Gasteiger partial charge in [0.25, 0.3) is 0 Å². The molecule has 0 amide bonds. The van der Waals surface area contributed by atoms with Crippen LogP contribution in [0.15, 0.2) is 18.5 Å². The molecule has 0 aliphatic carbocycles. The molecular formula is C11H18N2O2. The first-order chi connectivity index (χ1) is 6.91. The van der Waals surface area contributed by atoms with Gasteiger partial charge in [-0.25, -0.2) is 9.97 Å². The molecule has 0 radical (unpaired) electrons. The van der Waals surface area contributed by atoms with Gasteiger partial charge in [0.2, 0.25) is 0 Å². The van der Waals surface area contributed by atoms with Gasteiger partial charge in [-0.05, 0) is 25.8 Å². The molecule has 1 rings (SSSR count). The maximum atomic E-state index is 9.93. The van der Waals surface area contributed by atoms with Crippen molar-refractivity contribution in [3.8, 4) is 6.01 Å². The van der Waals surface area contributed by atoms with E-state index in [1.807, 2.05) is 13.8 Å². The van der Waals surface area contributed by atoms with E-state index in [0.29, 0.717) is 6.01 Å². The molecule has 0 saturated heterocycles. The Morgan fingerprint density at radius 3 is 2.20 bits per heavy atom. The van der Waals surface area contributed by atoms with Gasteiger partial charge in [-0.1, -0.05) is 13.8 Å². The van der Waals surface area contributed by atoms with Gasteiger partial charge in [-0.2, -0.15) is 0 Å². The number of aromatic nitrogens is 2. The van der Waals surface area contributed by atoms with Crippen molar-refractivity contribution in [3.05, 3.63) is 18.5 Å². The minimum atomic E-state index is -0.909. The second-order valence-electron chi connectivity index (χ2n) is 4.47. The molecule has 1 aromatic heterocycles. The van der Waals surface area contributed by atoms with E-state index in [9.17, 15) is 5.11 Å². The fourth-order valence-electron chi connectivity index (χ4n) is 1.56. The molecule has 1 N–H and O–H groups in total. The van der Waals surface area contributed by atoms with Crippen LogP contribution in [0, 0.1) is 5.92 Å². The van der Waals surface area contributed by atoms with E-state index in [1.54, 1.807) is 32.3 Å². The summed E-state index contributed by atoms with van der Waals surface area (Å²) in [6.45, 7) is 7.43. The minimum absolute atomic E-state index is 0.189. The topological polar surface area (TPSA) is 55.2 Å². The van der Waals surface area contributed by atoms with Gasteiger partial charge in [0.1, 0.15) is 6.10 Å². The Morgan fingerprint density at radius 1 is 1.27 bits per heavy atom. The summed E-state index contributed by atoms with van der Waals surface area (Å²) in [7, 11) is 0. The van der Waals surface area contributed by atoms with Crippen molar-refractivity contribution in [1.82, 2.24) is 9.97 Å². The van der Waals surface area contributed by atoms with Gasteiger partial charge < -0.3 is 9.84 Å². The van der Waals surface area contributed by atoms with Crippen LogP contribution in [0.4, 0.5) is 0 Å². The molecule has 84 valence electrons. The normalized spacial score (nSPS) is 14.0. The first-order valence-corrected chi connectivity index (χ1v) is 5.07. The van der Waals surface area contributed by atoms with Gasteiger partial charge in [0, 0.05) is 12.4 Å². The Morgan fingerprint density at radius 2 is 1.80 bits per heavy atom. The van der Waals surface area contributed by atoms with Crippen molar-refractivity contribution in [3.63, 3.8) is 0 Å². The zero-order valence-corrected chi connectivity index (χ0v) is 9.64. The van der Waals surface area contributed by atoms with Gasteiger partial charge in [-0.15, -0.1) is 0 Å². The van der Waals surface area contributed by atoms with Crippen LogP contribution in [-0.4, -0.2) is 26.8 Å². The first kappa shape index (κ1) is 11.9. The minimum Gasteiger partial charge on any atom is -0.457 e. The summed E-state index contributed by atoms with van der Waals surface area (Å²) in [6, 6.07) is 2.03. The van der Waals surface area contributed by atoms with Crippen LogP contribution in [0.2, 0.25) is 0 Å². The quantitative estimate of drug-likeness (QED) is 0.821. The van der Waals surface area contributed by atoms with Crippen LogP contribution in [0.3, 0.4) is 0 Å². The third-order valence-electron chi connectivity index (χ3n) is 2.08. The Labute approximate surface area is 90.3 Å². The monoisotopic (exact) mass is 210 g/mol. The van der Waals surface area contributed by atoms with E-state index >= 15 is 0 Å². The standard InChI is InChI=1S/C11H18N2O2/c1-8(2)9(11(3,4)14)15-10-12-6-5-7-13-10/h5-9,14H,1-4H3/t9-/m0/s1. The van der Waals surface area contributed by atoms with Crippen molar-refractivity contribution in [1.29, 1.82) is 0 Å². The largest absolute Gasteiger partial charge is 0.457 e. The molecule has 1 aromatic rings. The van der Waals surface area contributed by atoms with Gasteiger partial charge in [0.05, 0.1) is 5.60 Å². The van der Waals surface area contributed by atoms with Crippen LogP contribution in [-0.2, 0) is 0 Å². The van der Waals surface area contributed by atoms with Gasteiger partial charge in [-0.3, -0.25) is 0 Å². The smallest absolute Gasteiger partial charge is 0.316 e. The van der Waals surface area contributed by atoms with Crippen molar-refractivity contribution in [2.45, 2.75) is 39.4 Å². The Bertz CT molecular complexity index is 293. The Kier molecular flexibility index (Phi) is 3.63. The van der Waals surface area contributed by atoms with Gasteiger partial charge >= 0.3 is 6.01 Å². The molecule has 0 aliphatic rings. The lowest BCUT2D eigenvalue weighted by atomic mass is 9.92. The summed E-state index contributed by atoms with van der Waals surface area (Å²) in [5.74, 6) is 0.189. The highest BCUT2D eigenvalue weighted by atomic mass is 16.5. The van der Waals surface area contributed by atoms with Crippen LogP contribution in [0.1, 0.15) is 27.7 Å². The fraction of sp³-hybridized carbons (Fsp3) is 0.636. The lowest BCUT2D eigenvalue weighted by Gasteiger charge is -2.31. The summed E-state index contributed by atoms with van der Waals surface area (Å²) in [6.07, 6.45) is 2.91. The lowest BCUT2D eigenvalue weighted by molar-refractivity contribution is -0.0588. The second-order valence-corrected chi connectivity index (χ2v) is 4.47. The van der Waals surface area contributed by atoms with Crippen LogP contribution < -0.4 is 4.74 Å². The molecule has 0 saturated carbocycles.